The van der Waals surface area contributed by atoms with Crippen molar-refractivity contribution in [2.45, 2.75) is 32.9 Å². The number of hydrogen-bond acceptors (Lipinski definition) is 6. The molecule has 1 aromatic carbocycles. The van der Waals surface area contributed by atoms with E-state index in [4.69, 9.17) is 13.9 Å². The summed E-state index contributed by atoms with van der Waals surface area (Å²) >= 11 is 0. The van der Waals surface area contributed by atoms with E-state index in [-0.39, 0.29) is 30.6 Å². The Labute approximate surface area is 169 Å². The summed E-state index contributed by atoms with van der Waals surface area (Å²) in [4.78, 5) is 26.8. The third-order valence-electron chi connectivity index (χ3n) is 4.61. The number of benzene rings is 1. The normalized spacial score (nSPS) is 18.7. The van der Waals surface area contributed by atoms with Crippen LogP contribution in [0.4, 0.5) is 0 Å². The molecule has 7 heteroatoms. The number of furan rings is 1. The van der Waals surface area contributed by atoms with E-state index in [9.17, 15) is 14.7 Å². The van der Waals surface area contributed by atoms with Crippen LogP contribution >= 0.6 is 0 Å². The van der Waals surface area contributed by atoms with Gasteiger partial charge in [0.25, 0.3) is 11.7 Å². The first-order valence-corrected chi connectivity index (χ1v) is 9.44. The van der Waals surface area contributed by atoms with Gasteiger partial charge in [0, 0.05) is 19.2 Å². The summed E-state index contributed by atoms with van der Waals surface area (Å²) in [6.07, 6.45) is 0.0164. The van der Waals surface area contributed by atoms with Crippen molar-refractivity contribution in [1.29, 1.82) is 0 Å². The SMILES string of the molecule is COCCN1C(=O)C(=O)/C(=C(\O)c2ccc(OC(C)C)cc2)C1c1ccc(C)o1. The van der Waals surface area contributed by atoms with E-state index < -0.39 is 17.7 Å². The molecular formula is C22H25NO6. The Morgan fingerprint density at radius 2 is 1.86 bits per heavy atom. The highest BCUT2D eigenvalue weighted by molar-refractivity contribution is 6.46. The van der Waals surface area contributed by atoms with Gasteiger partial charge in [0.1, 0.15) is 29.1 Å². The maximum absolute atomic E-state index is 12.8. The molecule has 1 atom stereocenters. The highest BCUT2D eigenvalue weighted by Crippen LogP contribution is 2.40. The second kappa shape index (κ2) is 8.53. The summed E-state index contributed by atoms with van der Waals surface area (Å²) in [6.45, 7) is 6.06. The Morgan fingerprint density at radius 1 is 1.17 bits per heavy atom. The molecule has 0 saturated carbocycles. The predicted octanol–water partition coefficient (Wildman–Crippen LogP) is 3.44. The fourth-order valence-electron chi connectivity index (χ4n) is 3.32. The molecule has 0 radical (unpaired) electrons. The molecule has 1 fully saturated rings. The van der Waals surface area contributed by atoms with Crippen LogP contribution in [-0.2, 0) is 14.3 Å². The number of methoxy groups -OCH3 is 1. The van der Waals surface area contributed by atoms with Gasteiger partial charge in [-0.05, 0) is 57.2 Å². The van der Waals surface area contributed by atoms with Crippen molar-refractivity contribution in [2.24, 2.45) is 0 Å². The molecule has 0 aliphatic carbocycles. The molecule has 29 heavy (non-hydrogen) atoms. The molecule has 1 aliphatic heterocycles. The molecule has 7 nitrogen and oxygen atoms in total. The third kappa shape index (κ3) is 4.19. The van der Waals surface area contributed by atoms with E-state index in [1.165, 1.54) is 12.0 Å². The minimum absolute atomic E-state index is 0.00187. The van der Waals surface area contributed by atoms with E-state index in [1.54, 1.807) is 43.3 Å². The summed E-state index contributed by atoms with van der Waals surface area (Å²) in [7, 11) is 1.52. The van der Waals surface area contributed by atoms with Gasteiger partial charge in [0.05, 0.1) is 18.3 Å². The minimum Gasteiger partial charge on any atom is -0.507 e. The molecule has 154 valence electrons. The molecule has 1 aliphatic rings. The van der Waals surface area contributed by atoms with E-state index in [0.717, 1.165) is 0 Å². The molecule has 1 aromatic heterocycles. The Morgan fingerprint density at radius 3 is 2.41 bits per heavy atom. The molecule has 2 aromatic rings. The number of aryl methyl sites for hydroxylation is 1. The van der Waals surface area contributed by atoms with Crippen LogP contribution in [0.15, 0.2) is 46.4 Å². The second-order valence-corrected chi connectivity index (χ2v) is 7.12. The summed E-state index contributed by atoms with van der Waals surface area (Å²) in [5.41, 5.74) is 0.414. The van der Waals surface area contributed by atoms with Crippen molar-refractivity contribution in [1.82, 2.24) is 4.90 Å². The van der Waals surface area contributed by atoms with Crippen LogP contribution in [0.1, 0.15) is 37.0 Å². The highest BCUT2D eigenvalue weighted by atomic mass is 16.5. The van der Waals surface area contributed by atoms with Gasteiger partial charge in [-0.3, -0.25) is 9.59 Å². The van der Waals surface area contributed by atoms with Crippen LogP contribution in [0.25, 0.3) is 5.76 Å². The molecule has 0 spiro atoms. The first-order chi connectivity index (χ1) is 13.8. The fourth-order valence-corrected chi connectivity index (χ4v) is 3.32. The lowest BCUT2D eigenvalue weighted by atomic mass is 9.99. The van der Waals surface area contributed by atoms with Gasteiger partial charge < -0.3 is 23.9 Å². The maximum Gasteiger partial charge on any atom is 0.295 e. The monoisotopic (exact) mass is 399 g/mol. The van der Waals surface area contributed by atoms with Crippen LogP contribution in [0, 0.1) is 6.92 Å². The number of carbonyl (C=O) groups is 2. The zero-order valence-corrected chi connectivity index (χ0v) is 17.0. The lowest BCUT2D eigenvalue weighted by molar-refractivity contribution is -0.140. The number of likely N-dealkylation sites (tertiary alicyclic amines) is 1. The largest absolute Gasteiger partial charge is 0.507 e. The van der Waals surface area contributed by atoms with Crippen LogP contribution in [-0.4, -0.2) is 48.1 Å². The van der Waals surface area contributed by atoms with Crippen LogP contribution < -0.4 is 4.74 Å². The van der Waals surface area contributed by atoms with E-state index in [2.05, 4.69) is 0 Å². The number of rotatable bonds is 7. The second-order valence-electron chi connectivity index (χ2n) is 7.12. The number of ketones is 1. The Hall–Kier alpha value is -3.06. The number of ether oxygens (including phenoxy) is 2. The van der Waals surface area contributed by atoms with Crippen molar-refractivity contribution in [2.75, 3.05) is 20.3 Å². The first-order valence-electron chi connectivity index (χ1n) is 9.44. The number of hydrogen-bond donors (Lipinski definition) is 1. The van der Waals surface area contributed by atoms with Crippen LogP contribution in [0.5, 0.6) is 5.75 Å². The Bertz CT molecular complexity index is 925. The zero-order valence-electron chi connectivity index (χ0n) is 17.0. The van der Waals surface area contributed by atoms with Gasteiger partial charge in [-0.1, -0.05) is 0 Å². The summed E-state index contributed by atoms with van der Waals surface area (Å²) in [5, 5.41) is 10.9. The van der Waals surface area contributed by atoms with Gasteiger partial charge >= 0.3 is 0 Å². The average molecular weight is 399 g/mol. The highest BCUT2D eigenvalue weighted by Gasteiger charge is 2.47. The summed E-state index contributed by atoms with van der Waals surface area (Å²) in [6, 6.07) is 9.37. The number of aliphatic hydroxyl groups is 1. The summed E-state index contributed by atoms with van der Waals surface area (Å²) < 4.78 is 16.4. The van der Waals surface area contributed by atoms with E-state index in [1.807, 2.05) is 13.8 Å². The number of aliphatic hydroxyl groups excluding tert-OH is 1. The van der Waals surface area contributed by atoms with Crippen molar-refractivity contribution >= 4 is 17.4 Å². The van der Waals surface area contributed by atoms with Gasteiger partial charge in [-0.25, -0.2) is 0 Å². The van der Waals surface area contributed by atoms with Crippen molar-refractivity contribution in [3.05, 3.63) is 59.1 Å². The maximum atomic E-state index is 12.8. The van der Waals surface area contributed by atoms with Gasteiger partial charge in [-0.15, -0.1) is 0 Å². The number of nitrogens with zero attached hydrogens (tertiary/aromatic N) is 1. The molecular weight excluding hydrogens is 374 g/mol. The molecule has 1 amide bonds. The van der Waals surface area contributed by atoms with Crippen molar-refractivity contribution in [3.63, 3.8) is 0 Å². The van der Waals surface area contributed by atoms with Crippen molar-refractivity contribution < 1.29 is 28.6 Å². The topological polar surface area (TPSA) is 89.2 Å². The molecule has 1 saturated heterocycles. The summed E-state index contributed by atoms with van der Waals surface area (Å²) in [5.74, 6) is 0.0166. The van der Waals surface area contributed by atoms with E-state index >= 15 is 0 Å². The standard InChI is InChI=1S/C22H25NO6/c1-13(2)28-16-8-6-15(7-9-16)20(24)18-19(17-10-5-14(3)29-17)23(11-12-27-4)22(26)21(18)25/h5-10,13,19,24H,11-12H2,1-4H3/b20-18-. The molecule has 1 unspecified atom stereocenters. The Balaban J connectivity index is 2.05. The van der Waals surface area contributed by atoms with Crippen molar-refractivity contribution in [3.8, 4) is 5.75 Å². The lowest BCUT2D eigenvalue weighted by Gasteiger charge is -2.22. The van der Waals surface area contributed by atoms with E-state index in [0.29, 0.717) is 22.8 Å². The fraction of sp³-hybridized carbons (Fsp3) is 0.364. The minimum atomic E-state index is -0.814. The number of amides is 1. The third-order valence-corrected chi connectivity index (χ3v) is 4.61. The average Bonchev–Trinajstić information content (AvgIpc) is 3.21. The molecule has 0 bridgehead atoms. The molecule has 2 heterocycles. The van der Waals surface area contributed by atoms with Crippen LogP contribution in [0.3, 0.4) is 0 Å². The Kier molecular flexibility index (Phi) is 6.08. The number of carbonyl (C=O) groups excluding carboxylic acids is 2. The zero-order chi connectivity index (χ0) is 21.1. The quantitative estimate of drug-likeness (QED) is 0.436. The van der Waals surface area contributed by atoms with Crippen LogP contribution in [0.2, 0.25) is 0 Å². The molecule has 3 rings (SSSR count). The molecule has 1 N–H and O–H groups in total. The van der Waals surface area contributed by atoms with Gasteiger partial charge in [-0.2, -0.15) is 0 Å². The van der Waals surface area contributed by atoms with Gasteiger partial charge in [0.2, 0.25) is 0 Å². The number of Topliss-reactive ketones (excluding diaryl/α,β-unsaturated/α-hetero) is 1. The lowest BCUT2D eigenvalue weighted by Crippen LogP contribution is -2.32. The van der Waals surface area contributed by atoms with Gasteiger partial charge in [0.15, 0.2) is 0 Å². The smallest absolute Gasteiger partial charge is 0.295 e. The predicted molar refractivity (Wildman–Crippen MR) is 107 cm³/mol. The first kappa shape index (κ1) is 20.7.